The Morgan fingerprint density at radius 3 is 2.90 bits per heavy atom. The maximum absolute atomic E-state index is 13.0. The minimum absolute atomic E-state index is 0.119. The first-order valence-electron chi connectivity index (χ1n) is 9.07. The lowest BCUT2D eigenvalue weighted by Gasteiger charge is -2.31. The third kappa shape index (κ3) is 3.42. The normalized spacial score (nSPS) is 14.0. The van der Waals surface area contributed by atoms with Crippen molar-refractivity contribution in [1.29, 1.82) is 0 Å². The number of aromatic amines is 1. The first-order chi connectivity index (χ1) is 13.7. The van der Waals surface area contributed by atoms with Crippen molar-refractivity contribution in [1.82, 2.24) is 20.2 Å². The SMILES string of the molecule is CC1(C)Cc2cnc(N)nc2-c2[nH]nc(C(=O)Nc3cccc(CC(=O)O)c3)c21. The average molecular weight is 392 g/mol. The lowest BCUT2D eigenvalue weighted by Crippen LogP contribution is -2.29. The maximum atomic E-state index is 13.0. The molecular weight excluding hydrogens is 372 g/mol. The number of amides is 1. The Labute approximate surface area is 166 Å². The first-order valence-corrected chi connectivity index (χ1v) is 9.07. The predicted octanol–water partition coefficient (Wildman–Crippen LogP) is 2.16. The smallest absolute Gasteiger partial charge is 0.307 e. The fourth-order valence-electron chi connectivity index (χ4n) is 3.79. The van der Waals surface area contributed by atoms with E-state index in [4.69, 9.17) is 10.8 Å². The van der Waals surface area contributed by atoms with Crippen LogP contribution in [0.25, 0.3) is 11.4 Å². The highest BCUT2D eigenvalue weighted by Crippen LogP contribution is 2.42. The molecule has 9 nitrogen and oxygen atoms in total. The van der Waals surface area contributed by atoms with Gasteiger partial charge in [0.05, 0.1) is 17.8 Å². The van der Waals surface area contributed by atoms with Gasteiger partial charge in [-0.25, -0.2) is 9.97 Å². The summed E-state index contributed by atoms with van der Waals surface area (Å²) in [6, 6.07) is 6.74. The van der Waals surface area contributed by atoms with Crippen LogP contribution >= 0.6 is 0 Å². The monoisotopic (exact) mass is 392 g/mol. The molecule has 0 radical (unpaired) electrons. The lowest BCUT2D eigenvalue weighted by molar-refractivity contribution is -0.136. The van der Waals surface area contributed by atoms with Gasteiger partial charge in [0.25, 0.3) is 5.91 Å². The van der Waals surface area contributed by atoms with Gasteiger partial charge in [0.15, 0.2) is 5.69 Å². The maximum Gasteiger partial charge on any atom is 0.307 e. The number of hydrogen-bond donors (Lipinski definition) is 4. The number of benzene rings is 1. The highest BCUT2D eigenvalue weighted by molar-refractivity contribution is 6.05. The largest absolute Gasteiger partial charge is 0.481 e. The molecule has 0 spiro atoms. The van der Waals surface area contributed by atoms with Gasteiger partial charge in [-0.1, -0.05) is 26.0 Å². The topological polar surface area (TPSA) is 147 Å². The number of rotatable bonds is 4. The van der Waals surface area contributed by atoms with Crippen molar-refractivity contribution >= 4 is 23.5 Å². The van der Waals surface area contributed by atoms with Crippen LogP contribution in [0, 0.1) is 0 Å². The molecule has 0 unspecified atom stereocenters. The number of nitrogen functional groups attached to an aromatic ring is 1. The first kappa shape index (κ1) is 18.6. The number of carboxylic acid groups (broad SMARTS) is 1. The molecule has 1 aliphatic rings. The standard InChI is InChI=1S/C20H20N6O3/c1-20(2)8-11-9-22-19(21)24-15(11)16-14(20)17(26-25-16)18(29)23-12-5-3-4-10(6-12)7-13(27)28/h3-6,9H,7-8H2,1-2H3,(H,23,29)(H,25,26)(H,27,28)(H2,21,22,24). The zero-order chi connectivity index (χ0) is 20.8. The molecule has 0 aliphatic heterocycles. The molecule has 1 amide bonds. The van der Waals surface area contributed by atoms with Crippen LogP contribution in [-0.2, 0) is 23.1 Å². The van der Waals surface area contributed by atoms with E-state index in [1.165, 1.54) is 0 Å². The van der Waals surface area contributed by atoms with Crippen LogP contribution < -0.4 is 11.1 Å². The van der Waals surface area contributed by atoms with Gasteiger partial charge in [-0.2, -0.15) is 5.10 Å². The van der Waals surface area contributed by atoms with E-state index in [0.717, 1.165) is 11.1 Å². The molecule has 148 valence electrons. The second-order valence-electron chi connectivity index (χ2n) is 7.71. The van der Waals surface area contributed by atoms with Crippen molar-refractivity contribution in [3.05, 3.63) is 52.8 Å². The number of H-pyrrole nitrogens is 1. The molecule has 5 N–H and O–H groups in total. The summed E-state index contributed by atoms with van der Waals surface area (Å²) < 4.78 is 0. The predicted molar refractivity (Wildman–Crippen MR) is 106 cm³/mol. The Hall–Kier alpha value is -3.75. The molecule has 1 aromatic carbocycles. The van der Waals surface area contributed by atoms with Gasteiger partial charge in [0.2, 0.25) is 5.95 Å². The lowest BCUT2D eigenvalue weighted by atomic mass is 9.73. The Morgan fingerprint density at radius 2 is 2.14 bits per heavy atom. The molecular formula is C20H20N6O3. The quantitative estimate of drug-likeness (QED) is 0.532. The van der Waals surface area contributed by atoms with Crippen molar-refractivity contribution in [2.75, 3.05) is 11.1 Å². The Morgan fingerprint density at radius 1 is 1.34 bits per heavy atom. The van der Waals surface area contributed by atoms with Crippen LogP contribution in [0.5, 0.6) is 0 Å². The fourth-order valence-corrected chi connectivity index (χ4v) is 3.79. The number of carbonyl (C=O) groups is 2. The van der Waals surface area contributed by atoms with Crippen LogP contribution in [0.3, 0.4) is 0 Å². The number of aromatic nitrogens is 4. The number of carbonyl (C=O) groups excluding carboxylic acids is 1. The van der Waals surface area contributed by atoms with E-state index in [9.17, 15) is 9.59 Å². The molecule has 0 atom stereocenters. The van der Waals surface area contributed by atoms with Gasteiger partial charge in [-0.15, -0.1) is 0 Å². The number of aliphatic carboxylic acids is 1. The fraction of sp³-hybridized carbons (Fsp3) is 0.250. The number of anilines is 2. The van der Waals surface area contributed by atoms with Crippen LogP contribution in [0.15, 0.2) is 30.5 Å². The summed E-state index contributed by atoms with van der Waals surface area (Å²) in [4.78, 5) is 32.3. The second kappa shape index (κ2) is 6.69. The van der Waals surface area contributed by atoms with E-state index in [1.807, 2.05) is 13.8 Å². The van der Waals surface area contributed by atoms with Gasteiger partial charge in [0, 0.05) is 17.4 Å². The van der Waals surface area contributed by atoms with Crippen molar-refractivity contribution in [3.63, 3.8) is 0 Å². The summed E-state index contributed by atoms with van der Waals surface area (Å²) in [5, 5.41) is 19.0. The van der Waals surface area contributed by atoms with Crippen molar-refractivity contribution in [2.24, 2.45) is 0 Å². The average Bonchev–Trinajstić information content (AvgIpc) is 3.09. The summed E-state index contributed by atoms with van der Waals surface area (Å²) in [5.41, 5.74) is 9.78. The van der Waals surface area contributed by atoms with Crippen molar-refractivity contribution in [2.45, 2.75) is 32.1 Å². The summed E-state index contributed by atoms with van der Waals surface area (Å²) in [6.07, 6.45) is 2.23. The van der Waals surface area contributed by atoms with Crippen molar-refractivity contribution < 1.29 is 14.7 Å². The zero-order valence-electron chi connectivity index (χ0n) is 16.0. The number of carboxylic acids is 1. The Bertz CT molecular complexity index is 1130. The second-order valence-corrected chi connectivity index (χ2v) is 7.71. The minimum Gasteiger partial charge on any atom is -0.481 e. The van der Waals surface area contributed by atoms with Crippen LogP contribution in [0.4, 0.5) is 11.6 Å². The molecule has 0 saturated heterocycles. The number of nitrogens with zero attached hydrogens (tertiary/aromatic N) is 3. The molecule has 0 fully saturated rings. The van der Waals surface area contributed by atoms with E-state index in [2.05, 4.69) is 25.5 Å². The van der Waals surface area contributed by atoms with Gasteiger partial charge in [0.1, 0.15) is 0 Å². The Balaban J connectivity index is 1.69. The van der Waals surface area contributed by atoms with Gasteiger partial charge in [-0.05, 0) is 35.1 Å². The third-order valence-electron chi connectivity index (χ3n) is 4.95. The van der Waals surface area contributed by atoms with Crippen LogP contribution in [0.2, 0.25) is 0 Å². The number of hydrogen-bond acceptors (Lipinski definition) is 6. The van der Waals surface area contributed by atoms with Gasteiger partial charge < -0.3 is 16.2 Å². The molecule has 2 aromatic heterocycles. The summed E-state index contributed by atoms with van der Waals surface area (Å²) in [5.74, 6) is -1.16. The van der Waals surface area contributed by atoms with Gasteiger partial charge >= 0.3 is 5.97 Å². The van der Waals surface area contributed by atoms with E-state index in [-0.39, 0.29) is 29.4 Å². The highest BCUT2D eigenvalue weighted by atomic mass is 16.4. The van der Waals surface area contributed by atoms with Crippen LogP contribution in [-0.4, -0.2) is 37.1 Å². The molecule has 2 heterocycles. The van der Waals surface area contributed by atoms with Crippen LogP contribution in [0.1, 0.15) is 41.0 Å². The highest BCUT2D eigenvalue weighted by Gasteiger charge is 2.38. The zero-order valence-corrected chi connectivity index (χ0v) is 16.0. The van der Waals surface area contributed by atoms with E-state index < -0.39 is 5.97 Å². The molecule has 29 heavy (non-hydrogen) atoms. The van der Waals surface area contributed by atoms with E-state index in [1.54, 1.807) is 30.5 Å². The molecule has 0 saturated carbocycles. The number of nitrogens with two attached hydrogens (primary N) is 1. The molecule has 1 aliphatic carbocycles. The van der Waals surface area contributed by atoms with E-state index >= 15 is 0 Å². The molecule has 4 rings (SSSR count). The number of fused-ring (bicyclic) bond motifs is 3. The summed E-state index contributed by atoms with van der Waals surface area (Å²) >= 11 is 0. The number of nitrogens with one attached hydrogen (secondary N) is 2. The van der Waals surface area contributed by atoms with Crippen molar-refractivity contribution in [3.8, 4) is 11.4 Å². The molecule has 3 aromatic rings. The third-order valence-corrected chi connectivity index (χ3v) is 4.95. The minimum atomic E-state index is -0.934. The van der Waals surface area contributed by atoms with E-state index in [0.29, 0.717) is 29.1 Å². The van der Waals surface area contributed by atoms with Gasteiger partial charge in [-0.3, -0.25) is 14.7 Å². The molecule has 0 bridgehead atoms. The molecule has 9 heteroatoms. The summed E-state index contributed by atoms with van der Waals surface area (Å²) in [7, 11) is 0. The Kier molecular flexibility index (Phi) is 4.30. The summed E-state index contributed by atoms with van der Waals surface area (Å²) in [6.45, 7) is 4.07.